The van der Waals surface area contributed by atoms with E-state index in [2.05, 4.69) is 34.4 Å². The van der Waals surface area contributed by atoms with Gasteiger partial charge in [-0.15, -0.1) is 0 Å². The van der Waals surface area contributed by atoms with Crippen LogP contribution in [0.15, 0.2) is 4.99 Å². The number of halogens is 3. The minimum absolute atomic E-state index is 0.107. The van der Waals surface area contributed by atoms with E-state index < -0.39 is 15.5 Å². The van der Waals surface area contributed by atoms with E-state index >= 15 is 0 Å². The maximum absolute atomic E-state index is 12.6. The van der Waals surface area contributed by atoms with Crippen LogP contribution in [0.25, 0.3) is 0 Å². The largest absolute Gasteiger partial charge is 0.511 e. The number of nitrogens with zero attached hydrogens (tertiary/aromatic N) is 3. The number of alkyl halides is 3. The Balaban J connectivity index is 2.36. The second kappa shape index (κ2) is 10.3. The number of rotatable bonds is 8. The molecule has 1 rings (SSSR count). The van der Waals surface area contributed by atoms with E-state index in [0.717, 1.165) is 26.2 Å². The summed E-state index contributed by atoms with van der Waals surface area (Å²) < 4.78 is 61.0. The summed E-state index contributed by atoms with van der Waals surface area (Å²) in [6.07, 6.45) is 0.775. The molecule has 1 aliphatic heterocycles. The lowest BCUT2D eigenvalue weighted by atomic mass is 9.98. The summed E-state index contributed by atoms with van der Waals surface area (Å²) in [6, 6.07) is 0. The molecule has 7 nitrogen and oxygen atoms in total. The molecular formula is C15H30F3N5O2S. The van der Waals surface area contributed by atoms with E-state index in [1.807, 2.05) is 0 Å². The zero-order valence-corrected chi connectivity index (χ0v) is 16.5. The lowest BCUT2D eigenvalue weighted by Gasteiger charge is -2.31. The molecule has 11 heteroatoms. The maximum Gasteiger partial charge on any atom is 0.511 e. The van der Waals surface area contributed by atoms with Crippen LogP contribution in [0.2, 0.25) is 0 Å². The molecule has 1 heterocycles. The maximum atomic E-state index is 12.6. The fourth-order valence-corrected chi connectivity index (χ4v) is 3.82. The Kier molecular flexibility index (Phi) is 9.11. The lowest BCUT2D eigenvalue weighted by molar-refractivity contribution is -0.0496. The first-order valence-corrected chi connectivity index (χ1v) is 10.3. The van der Waals surface area contributed by atoms with Crippen LogP contribution in [0, 0.1) is 5.92 Å². The van der Waals surface area contributed by atoms with Crippen molar-refractivity contribution >= 4 is 16.0 Å². The molecule has 0 aromatic carbocycles. The summed E-state index contributed by atoms with van der Waals surface area (Å²) in [5.74, 6) is 0.749. The second-order valence-corrected chi connectivity index (χ2v) is 8.13. The zero-order valence-electron chi connectivity index (χ0n) is 15.6. The van der Waals surface area contributed by atoms with Crippen molar-refractivity contribution in [3.8, 4) is 0 Å². The molecule has 0 bridgehead atoms. The van der Waals surface area contributed by atoms with E-state index in [-0.39, 0.29) is 19.0 Å². The Morgan fingerprint density at radius 1 is 1.19 bits per heavy atom. The summed E-state index contributed by atoms with van der Waals surface area (Å²) >= 11 is 0. The van der Waals surface area contributed by atoms with Crippen molar-refractivity contribution in [2.24, 2.45) is 10.9 Å². The molecule has 0 spiro atoms. The summed E-state index contributed by atoms with van der Waals surface area (Å²) in [4.78, 5) is 6.40. The van der Waals surface area contributed by atoms with Crippen LogP contribution in [-0.2, 0) is 10.0 Å². The SMILES string of the molecule is CCN(CC)CCNC(=NC)NCC1CCN(S(=O)(=O)C(F)(F)F)CC1. The second-order valence-electron chi connectivity index (χ2n) is 6.20. The van der Waals surface area contributed by atoms with Gasteiger partial charge < -0.3 is 15.5 Å². The summed E-state index contributed by atoms with van der Waals surface area (Å²) in [5, 5.41) is 6.37. The van der Waals surface area contributed by atoms with Crippen LogP contribution in [0.4, 0.5) is 13.2 Å². The van der Waals surface area contributed by atoms with Crippen LogP contribution in [-0.4, -0.2) is 82.0 Å². The molecule has 0 aromatic heterocycles. The Hall–Kier alpha value is -1.07. The fraction of sp³-hybridized carbons (Fsp3) is 0.933. The Bertz CT molecular complexity index is 542. The lowest BCUT2D eigenvalue weighted by Crippen LogP contribution is -2.47. The normalized spacial score (nSPS) is 18.3. The third-order valence-corrected chi connectivity index (χ3v) is 6.23. The Morgan fingerprint density at radius 3 is 2.23 bits per heavy atom. The van der Waals surface area contributed by atoms with Crippen LogP contribution in [0.5, 0.6) is 0 Å². The molecule has 2 N–H and O–H groups in total. The predicted octanol–water partition coefficient (Wildman–Crippen LogP) is 1.05. The molecule has 0 saturated carbocycles. The third-order valence-electron chi connectivity index (χ3n) is 4.60. The van der Waals surface area contributed by atoms with Gasteiger partial charge in [0.15, 0.2) is 5.96 Å². The van der Waals surface area contributed by atoms with Crippen molar-refractivity contribution in [3.05, 3.63) is 0 Å². The van der Waals surface area contributed by atoms with E-state index in [1.165, 1.54) is 0 Å². The van der Waals surface area contributed by atoms with Gasteiger partial charge in [-0.1, -0.05) is 13.8 Å². The molecule has 0 atom stereocenters. The monoisotopic (exact) mass is 401 g/mol. The quantitative estimate of drug-likeness (QED) is 0.470. The standard InChI is InChI=1S/C15H30F3N5O2S/c1-4-22(5-2)11-8-20-14(19-3)21-12-13-6-9-23(10-7-13)26(24,25)15(16,17)18/h13H,4-12H2,1-3H3,(H2,19,20,21). The molecule has 1 aliphatic rings. The van der Waals surface area contributed by atoms with Crippen molar-refractivity contribution in [3.63, 3.8) is 0 Å². The first-order valence-electron chi connectivity index (χ1n) is 8.89. The van der Waals surface area contributed by atoms with E-state index in [4.69, 9.17) is 0 Å². The highest BCUT2D eigenvalue weighted by molar-refractivity contribution is 7.90. The van der Waals surface area contributed by atoms with Gasteiger partial charge in [0.05, 0.1) is 0 Å². The van der Waals surface area contributed by atoms with Crippen LogP contribution < -0.4 is 10.6 Å². The van der Waals surface area contributed by atoms with Crippen molar-refractivity contribution in [2.75, 3.05) is 52.9 Å². The average molecular weight is 401 g/mol. The van der Waals surface area contributed by atoms with Gasteiger partial charge in [0.2, 0.25) is 0 Å². The number of guanidine groups is 1. The first kappa shape index (κ1) is 23.0. The molecular weight excluding hydrogens is 371 g/mol. The van der Waals surface area contributed by atoms with Gasteiger partial charge in [0.1, 0.15) is 0 Å². The first-order chi connectivity index (χ1) is 12.2. The number of sulfonamides is 1. The Morgan fingerprint density at radius 2 is 1.77 bits per heavy atom. The summed E-state index contributed by atoms with van der Waals surface area (Å²) in [5.41, 5.74) is -5.23. The minimum atomic E-state index is -5.23. The van der Waals surface area contributed by atoms with E-state index in [0.29, 0.717) is 29.7 Å². The van der Waals surface area contributed by atoms with Crippen LogP contribution in [0.1, 0.15) is 26.7 Å². The summed E-state index contributed by atoms with van der Waals surface area (Å²) in [7, 11) is -3.55. The van der Waals surface area contributed by atoms with E-state index in [1.54, 1.807) is 7.05 Å². The van der Waals surface area contributed by atoms with Crippen molar-refractivity contribution in [1.82, 2.24) is 19.8 Å². The fourth-order valence-electron chi connectivity index (χ4n) is 2.83. The van der Waals surface area contributed by atoms with Gasteiger partial charge in [-0.05, 0) is 31.8 Å². The van der Waals surface area contributed by atoms with Gasteiger partial charge in [-0.3, -0.25) is 4.99 Å². The molecule has 154 valence electrons. The van der Waals surface area contributed by atoms with Gasteiger partial charge in [0.25, 0.3) is 0 Å². The van der Waals surface area contributed by atoms with Crippen LogP contribution in [0.3, 0.4) is 0 Å². The number of nitrogens with one attached hydrogen (secondary N) is 2. The van der Waals surface area contributed by atoms with E-state index in [9.17, 15) is 21.6 Å². The van der Waals surface area contributed by atoms with Gasteiger partial charge in [0, 0.05) is 39.8 Å². The highest BCUT2D eigenvalue weighted by Gasteiger charge is 2.50. The molecule has 1 saturated heterocycles. The number of hydrogen-bond acceptors (Lipinski definition) is 4. The molecule has 1 fully saturated rings. The van der Waals surface area contributed by atoms with Crippen molar-refractivity contribution in [1.29, 1.82) is 0 Å². The number of hydrogen-bond donors (Lipinski definition) is 2. The molecule has 0 unspecified atom stereocenters. The van der Waals surface area contributed by atoms with Crippen LogP contribution >= 0.6 is 0 Å². The zero-order chi connectivity index (χ0) is 19.8. The van der Waals surface area contributed by atoms with Gasteiger partial charge in [-0.25, -0.2) is 8.42 Å². The van der Waals surface area contributed by atoms with Gasteiger partial charge >= 0.3 is 15.5 Å². The number of piperidine rings is 1. The number of likely N-dealkylation sites (N-methyl/N-ethyl adjacent to an activating group) is 1. The predicted molar refractivity (Wildman–Crippen MR) is 96.4 cm³/mol. The third kappa shape index (κ3) is 6.58. The highest BCUT2D eigenvalue weighted by atomic mass is 32.2. The molecule has 26 heavy (non-hydrogen) atoms. The Labute approximate surface area is 154 Å². The average Bonchev–Trinajstić information content (AvgIpc) is 2.60. The molecule has 0 radical (unpaired) electrons. The highest BCUT2D eigenvalue weighted by Crippen LogP contribution is 2.30. The summed E-state index contributed by atoms with van der Waals surface area (Å²) in [6.45, 7) is 8.11. The van der Waals surface area contributed by atoms with Crippen molar-refractivity contribution in [2.45, 2.75) is 32.2 Å². The molecule has 0 amide bonds. The topological polar surface area (TPSA) is 77.0 Å². The smallest absolute Gasteiger partial charge is 0.356 e. The van der Waals surface area contributed by atoms with Gasteiger partial charge in [-0.2, -0.15) is 17.5 Å². The minimum Gasteiger partial charge on any atom is -0.356 e. The molecule has 0 aromatic rings. The van der Waals surface area contributed by atoms with Crippen molar-refractivity contribution < 1.29 is 21.6 Å². The molecule has 0 aliphatic carbocycles. The number of aliphatic imine (C=N–C) groups is 1.